The van der Waals surface area contributed by atoms with Crippen LogP contribution in [0.25, 0.3) is 5.65 Å². The first kappa shape index (κ1) is 20.6. The zero-order valence-corrected chi connectivity index (χ0v) is 18.7. The minimum atomic E-state index is 0.482. The molecule has 0 amide bonds. The van der Waals surface area contributed by atoms with Crippen LogP contribution in [0.3, 0.4) is 0 Å². The average molecular weight is 441 g/mol. The largest absolute Gasteiger partial charge is 0.491 e. The molecule has 0 N–H and O–H groups in total. The Balaban J connectivity index is 1.29. The molecule has 31 heavy (non-hydrogen) atoms. The quantitative estimate of drug-likeness (QED) is 0.473. The third-order valence-corrected chi connectivity index (χ3v) is 6.84. The molecule has 0 atom stereocenters. The molecule has 164 valence electrons. The summed E-state index contributed by atoms with van der Waals surface area (Å²) in [6.45, 7) is 3.08. The highest BCUT2D eigenvalue weighted by Crippen LogP contribution is 2.38. The standard InChI is InChI=1S/C24H29ClN4O2/c1-30-14-15-31-21-5-3-2-4-19(21)18-8-11-28(12-9-18)20-10-13-29-22(16-17-6-7-17)26-27-24(29)23(20)25/h2-5,10,13,17-18H,6-9,11-12,14-16H2,1H3. The summed E-state index contributed by atoms with van der Waals surface area (Å²) in [6.07, 6.45) is 7.80. The maximum absolute atomic E-state index is 6.79. The summed E-state index contributed by atoms with van der Waals surface area (Å²) in [6, 6.07) is 10.5. The fourth-order valence-corrected chi connectivity index (χ4v) is 4.85. The molecule has 5 rings (SSSR count). The monoisotopic (exact) mass is 440 g/mol. The van der Waals surface area contributed by atoms with Gasteiger partial charge in [0.05, 0.1) is 12.3 Å². The summed E-state index contributed by atoms with van der Waals surface area (Å²) in [5, 5.41) is 9.50. The fraction of sp³-hybridized carbons (Fsp3) is 0.500. The topological polar surface area (TPSA) is 51.9 Å². The minimum Gasteiger partial charge on any atom is -0.491 e. The lowest BCUT2D eigenvalue weighted by Crippen LogP contribution is -2.33. The van der Waals surface area contributed by atoms with E-state index in [1.807, 2.05) is 6.07 Å². The lowest BCUT2D eigenvalue weighted by Gasteiger charge is -2.34. The number of benzene rings is 1. The van der Waals surface area contributed by atoms with E-state index >= 15 is 0 Å². The first-order chi connectivity index (χ1) is 15.2. The molecule has 2 aromatic heterocycles. The molecule has 7 heteroatoms. The molecule has 3 heterocycles. The molecular formula is C24H29ClN4O2. The van der Waals surface area contributed by atoms with Crippen molar-refractivity contribution in [2.24, 2.45) is 5.92 Å². The Hall–Kier alpha value is -2.31. The van der Waals surface area contributed by atoms with Crippen LogP contribution in [0.2, 0.25) is 5.02 Å². The van der Waals surface area contributed by atoms with Gasteiger partial charge in [0.2, 0.25) is 0 Å². The molecule has 0 radical (unpaired) electrons. The van der Waals surface area contributed by atoms with Gasteiger partial charge in [0.1, 0.15) is 23.2 Å². The maximum Gasteiger partial charge on any atom is 0.181 e. The van der Waals surface area contributed by atoms with Gasteiger partial charge in [-0.3, -0.25) is 4.40 Å². The van der Waals surface area contributed by atoms with Gasteiger partial charge in [-0.25, -0.2) is 0 Å². The van der Waals surface area contributed by atoms with Crippen molar-refractivity contribution in [3.63, 3.8) is 0 Å². The van der Waals surface area contributed by atoms with Gasteiger partial charge >= 0.3 is 0 Å². The number of pyridine rings is 1. The Kier molecular flexibility index (Phi) is 6.01. The number of hydrogen-bond acceptors (Lipinski definition) is 5. The van der Waals surface area contributed by atoms with Crippen molar-refractivity contribution < 1.29 is 9.47 Å². The predicted molar refractivity (Wildman–Crippen MR) is 122 cm³/mol. The Morgan fingerprint density at radius 3 is 2.61 bits per heavy atom. The van der Waals surface area contributed by atoms with Gasteiger partial charge in [-0.1, -0.05) is 29.8 Å². The van der Waals surface area contributed by atoms with E-state index in [4.69, 9.17) is 21.1 Å². The number of ether oxygens (including phenoxy) is 2. The maximum atomic E-state index is 6.79. The Labute approximate surface area is 188 Å². The summed E-state index contributed by atoms with van der Waals surface area (Å²) < 4.78 is 13.1. The van der Waals surface area contributed by atoms with E-state index in [1.54, 1.807) is 7.11 Å². The second kappa shape index (κ2) is 9.05. The number of fused-ring (bicyclic) bond motifs is 1. The van der Waals surface area contributed by atoms with Crippen molar-refractivity contribution in [3.05, 3.63) is 52.9 Å². The SMILES string of the molecule is COCCOc1ccccc1C1CCN(c2ccn3c(CC4CC4)nnc3c2Cl)CC1. The van der Waals surface area contributed by atoms with Crippen LogP contribution in [0.15, 0.2) is 36.5 Å². The first-order valence-corrected chi connectivity index (χ1v) is 11.6. The number of anilines is 1. The summed E-state index contributed by atoms with van der Waals surface area (Å²) in [7, 11) is 1.70. The van der Waals surface area contributed by atoms with Crippen molar-refractivity contribution in [2.45, 2.75) is 38.0 Å². The number of piperidine rings is 1. The number of rotatable bonds is 8. The highest BCUT2D eigenvalue weighted by atomic mass is 35.5. The van der Waals surface area contributed by atoms with Crippen molar-refractivity contribution >= 4 is 22.9 Å². The number of methoxy groups -OCH3 is 1. The molecule has 0 bridgehead atoms. The number of para-hydroxylation sites is 1. The molecule has 1 aromatic carbocycles. The summed E-state index contributed by atoms with van der Waals surface area (Å²) in [4.78, 5) is 2.38. The Morgan fingerprint density at radius 1 is 1.03 bits per heavy atom. The molecular weight excluding hydrogens is 412 g/mol. The lowest BCUT2D eigenvalue weighted by molar-refractivity contribution is 0.145. The smallest absolute Gasteiger partial charge is 0.181 e. The molecule has 1 saturated heterocycles. The van der Waals surface area contributed by atoms with Gasteiger partial charge in [-0.2, -0.15) is 0 Å². The van der Waals surface area contributed by atoms with Gasteiger partial charge in [0.15, 0.2) is 5.65 Å². The summed E-state index contributed by atoms with van der Waals surface area (Å²) in [5.41, 5.74) is 3.12. The van der Waals surface area contributed by atoms with Gasteiger partial charge in [0.25, 0.3) is 0 Å². The fourth-order valence-electron chi connectivity index (χ4n) is 4.54. The minimum absolute atomic E-state index is 0.482. The summed E-state index contributed by atoms with van der Waals surface area (Å²) in [5.74, 6) is 3.25. The highest BCUT2D eigenvalue weighted by Gasteiger charge is 2.27. The Bertz CT molecular complexity index is 1040. The molecule has 2 aliphatic rings. The second-order valence-electron chi connectivity index (χ2n) is 8.61. The third kappa shape index (κ3) is 4.37. The van der Waals surface area contributed by atoms with E-state index < -0.39 is 0 Å². The average Bonchev–Trinajstić information content (AvgIpc) is 3.53. The highest BCUT2D eigenvalue weighted by molar-refractivity contribution is 6.36. The van der Waals surface area contributed by atoms with Crippen LogP contribution in [0.5, 0.6) is 5.75 Å². The molecule has 6 nitrogen and oxygen atoms in total. The number of aromatic nitrogens is 3. The molecule has 1 saturated carbocycles. The molecule has 1 aliphatic carbocycles. The number of nitrogens with zero attached hydrogens (tertiary/aromatic N) is 4. The molecule has 2 fully saturated rings. The van der Waals surface area contributed by atoms with Gasteiger partial charge < -0.3 is 14.4 Å². The zero-order valence-electron chi connectivity index (χ0n) is 18.0. The van der Waals surface area contributed by atoms with Crippen LogP contribution >= 0.6 is 11.6 Å². The predicted octanol–water partition coefficient (Wildman–Crippen LogP) is 4.74. The van der Waals surface area contributed by atoms with E-state index in [0.29, 0.717) is 24.2 Å². The molecule has 3 aromatic rings. The number of halogens is 1. The van der Waals surface area contributed by atoms with Crippen LogP contribution in [0.1, 0.15) is 43.0 Å². The van der Waals surface area contributed by atoms with Gasteiger partial charge in [-0.05, 0) is 55.2 Å². The van der Waals surface area contributed by atoms with Crippen molar-refractivity contribution in [1.82, 2.24) is 14.6 Å². The third-order valence-electron chi connectivity index (χ3n) is 6.48. The Morgan fingerprint density at radius 2 is 1.84 bits per heavy atom. The van der Waals surface area contributed by atoms with Gasteiger partial charge in [-0.15, -0.1) is 10.2 Å². The van der Waals surface area contributed by atoms with Gasteiger partial charge in [0, 0.05) is 32.8 Å². The summed E-state index contributed by atoms with van der Waals surface area (Å²) >= 11 is 6.79. The normalized spacial score (nSPS) is 17.4. The lowest BCUT2D eigenvalue weighted by atomic mass is 9.88. The molecule has 0 spiro atoms. The van der Waals surface area contributed by atoms with Crippen molar-refractivity contribution in [3.8, 4) is 5.75 Å². The van der Waals surface area contributed by atoms with Crippen molar-refractivity contribution in [2.75, 3.05) is 38.3 Å². The zero-order chi connectivity index (χ0) is 21.2. The van der Waals surface area contributed by atoms with E-state index in [0.717, 1.165) is 61.2 Å². The van der Waals surface area contributed by atoms with E-state index in [1.165, 1.54) is 18.4 Å². The second-order valence-corrected chi connectivity index (χ2v) is 8.99. The van der Waals surface area contributed by atoms with Crippen LogP contribution in [-0.2, 0) is 11.2 Å². The van der Waals surface area contributed by atoms with E-state index in [9.17, 15) is 0 Å². The van der Waals surface area contributed by atoms with Crippen LogP contribution < -0.4 is 9.64 Å². The number of hydrogen-bond donors (Lipinski definition) is 0. The van der Waals surface area contributed by atoms with E-state index in [2.05, 4.69) is 50.0 Å². The van der Waals surface area contributed by atoms with Crippen LogP contribution in [-0.4, -0.2) is 48.0 Å². The first-order valence-electron chi connectivity index (χ1n) is 11.2. The van der Waals surface area contributed by atoms with E-state index in [-0.39, 0.29) is 0 Å². The van der Waals surface area contributed by atoms with Crippen LogP contribution in [0, 0.1) is 5.92 Å². The molecule has 0 unspecified atom stereocenters. The van der Waals surface area contributed by atoms with Crippen LogP contribution in [0.4, 0.5) is 5.69 Å². The molecule has 1 aliphatic heterocycles. The van der Waals surface area contributed by atoms with Crippen molar-refractivity contribution in [1.29, 1.82) is 0 Å².